The van der Waals surface area contributed by atoms with Crippen molar-refractivity contribution in [2.75, 3.05) is 5.32 Å². The smallest absolute Gasteiger partial charge is 0.335 e. The Bertz CT molecular complexity index is 956. The number of carboxylic acid groups (broad SMARTS) is 1. The highest BCUT2D eigenvalue weighted by molar-refractivity contribution is 6.30. The third-order valence-corrected chi connectivity index (χ3v) is 4.43. The summed E-state index contributed by atoms with van der Waals surface area (Å²) in [5, 5.41) is 13.1. The summed E-state index contributed by atoms with van der Waals surface area (Å²) in [5.41, 5.74) is 4.08. The maximum absolute atomic E-state index is 11.1. The minimum Gasteiger partial charge on any atom is -0.489 e. The van der Waals surface area contributed by atoms with Gasteiger partial charge in [0, 0.05) is 22.8 Å². The van der Waals surface area contributed by atoms with E-state index in [1.807, 2.05) is 55.5 Å². The largest absolute Gasteiger partial charge is 0.489 e. The number of aryl methyl sites for hydroxylation is 1. The number of aromatic carboxylic acids is 1. The Morgan fingerprint density at radius 1 is 1.07 bits per heavy atom. The number of anilines is 1. The lowest BCUT2D eigenvalue weighted by Gasteiger charge is -2.14. The monoisotopic (exact) mass is 381 g/mol. The second-order valence-electron chi connectivity index (χ2n) is 6.21. The lowest BCUT2D eigenvalue weighted by Crippen LogP contribution is -2.05. The van der Waals surface area contributed by atoms with Gasteiger partial charge < -0.3 is 15.2 Å². The van der Waals surface area contributed by atoms with Crippen LogP contribution in [0.15, 0.2) is 66.7 Å². The topological polar surface area (TPSA) is 58.6 Å². The van der Waals surface area contributed by atoms with Crippen LogP contribution in [-0.4, -0.2) is 11.1 Å². The summed E-state index contributed by atoms with van der Waals surface area (Å²) in [6, 6.07) is 20.5. The van der Waals surface area contributed by atoms with E-state index in [-0.39, 0.29) is 5.56 Å². The first-order chi connectivity index (χ1) is 13.0. The van der Waals surface area contributed by atoms with Gasteiger partial charge in [-0.3, -0.25) is 0 Å². The van der Waals surface area contributed by atoms with Crippen LogP contribution in [0.25, 0.3) is 0 Å². The molecule has 0 bridgehead atoms. The predicted octanol–water partition coefficient (Wildman–Crippen LogP) is 5.54. The molecule has 0 saturated heterocycles. The van der Waals surface area contributed by atoms with Crippen molar-refractivity contribution in [1.82, 2.24) is 0 Å². The molecule has 0 spiro atoms. The van der Waals surface area contributed by atoms with E-state index in [1.54, 1.807) is 18.2 Å². The molecule has 0 unspecified atom stereocenters. The highest BCUT2D eigenvalue weighted by Gasteiger charge is 2.08. The summed E-state index contributed by atoms with van der Waals surface area (Å²) in [5.74, 6) is -0.130. The van der Waals surface area contributed by atoms with Crippen molar-refractivity contribution in [3.63, 3.8) is 0 Å². The number of rotatable bonds is 7. The maximum Gasteiger partial charge on any atom is 0.335 e. The summed E-state index contributed by atoms with van der Waals surface area (Å²) < 4.78 is 5.97. The van der Waals surface area contributed by atoms with E-state index in [4.69, 9.17) is 21.4 Å². The van der Waals surface area contributed by atoms with Gasteiger partial charge in [-0.25, -0.2) is 4.79 Å². The molecule has 5 heteroatoms. The Kier molecular flexibility index (Phi) is 5.99. The lowest BCUT2D eigenvalue weighted by atomic mass is 10.1. The van der Waals surface area contributed by atoms with E-state index < -0.39 is 5.97 Å². The van der Waals surface area contributed by atoms with Gasteiger partial charge >= 0.3 is 5.97 Å². The Hall–Kier alpha value is -2.98. The van der Waals surface area contributed by atoms with Crippen LogP contribution in [-0.2, 0) is 13.2 Å². The van der Waals surface area contributed by atoms with Gasteiger partial charge in [0.25, 0.3) is 0 Å². The highest BCUT2D eigenvalue weighted by Crippen LogP contribution is 2.23. The second kappa shape index (κ2) is 8.60. The van der Waals surface area contributed by atoms with Gasteiger partial charge in [0.15, 0.2) is 0 Å². The Morgan fingerprint density at radius 3 is 2.63 bits per heavy atom. The van der Waals surface area contributed by atoms with Crippen LogP contribution < -0.4 is 10.1 Å². The molecule has 3 aromatic rings. The van der Waals surface area contributed by atoms with Crippen LogP contribution >= 0.6 is 11.6 Å². The molecule has 0 aliphatic rings. The van der Waals surface area contributed by atoms with E-state index >= 15 is 0 Å². The van der Waals surface area contributed by atoms with Gasteiger partial charge in [-0.05, 0) is 54.4 Å². The average Bonchev–Trinajstić information content (AvgIpc) is 2.66. The first kappa shape index (κ1) is 18.8. The maximum atomic E-state index is 11.1. The fourth-order valence-electron chi connectivity index (χ4n) is 2.76. The molecule has 4 nitrogen and oxygen atoms in total. The molecule has 138 valence electrons. The quantitative estimate of drug-likeness (QED) is 0.564. The van der Waals surface area contributed by atoms with Crippen LogP contribution in [0.4, 0.5) is 5.69 Å². The van der Waals surface area contributed by atoms with Crippen LogP contribution in [0.1, 0.15) is 27.0 Å². The van der Waals surface area contributed by atoms with E-state index in [0.717, 1.165) is 28.1 Å². The van der Waals surface area contributed by atoms with Crippen LogP contribution in [0.5, 0.6) is 5.75 Å². The molecule has 0 heterocycles. The van der Waals surface area contributed by atoms with Gasteiger partial charge in [0.2, 0.25) is 0 Å². The van der Waals surface area contributed by atoms with E-state index in [2.05, 4.69) is 5.32 Å². The standard InChI is InChI=1S/C22H20ClNO3/c1-15-11-17(22(25)26)9-10-20(15)24-13-18-6-2-3-8-21(18)27-14-16-5-4-7-19(23)12-16/h2-12,24H,13-14H2,1H3,(H,25,26). The van der Waals surface area contributed by atoms with Crippen LogP contribution in [0, 0.1) is 6.92 Å². The van der Waals surface area contributed by atoms with Gasteiger partial charge in [-0.15, -0.1) is 0 Å². The molecule has 0 radical (unpaired) electrons. The number of para-hydroxylation sites is 1. The minimum absolute atomic E-state index is 0.281. The molecule has 0 aliphatic heterocycles. The summed E-state index contributed by atoms with van der Waals surface area (Å²) >= 11 is 6.02. The molecule has 0 aromatic heterocycles. The van der Waals surface area contributed by atoms with Crippen molar-refractivity contribution < 1.29 is 14.6 Å². The van der Waals surface area contributed by atoms with Crippen molar-refractivity contribution in [2.45, 2.75) is 20.1 Å². The number of ether oxygens (including phenoxy) is 1. The number of halogens is 1. The Morgan fingerprint density at radius 2 is 1.89 bits per heavy atom. The zero-order valence-electron chi connectivity index (χ0n) is 14.9. The third-order valence-electron chi connectivity index (χ3n) is 4.20. The van der Waals surface area contributed by atoms with Crippen molar-refractivity contribution in [3.8, 4) is 5.75 Å². The summed E-state index contributed by atoms with van der Waals surface area (Å²) in [7, 11) is 0. The Labute approximate surface area is 163 Å². The van der Waals surface area contributed by atoms with E-state index in [0.29, 0.717) is 18.2 Å². The lowest BCUT2D eigenvalue weighted by molar-refractivity contribution is 0.0697. The van der Waals surface area contributed by atoms with Crippen LogP contribution in [0.2, 0.25) is 5.02 Å². The molecule has 3 aromatic carbocycles. The molecular weight excluding hydrogens is 362 g/mol. The summed E-state index contributed by atoms with van der Waals surface area (Å²) in [6.45, 7) is 2.89. The van der Waals surface area contributed by atoms with Crippen molar-refractivity contribution in [3.05, 3.63) is 94.0 Å². The zero-order chi connectivity index (χ0) is 19.2. The first-order valence-corrected chi connectivity index (χ1v) is 8.93. The molecule has 2 N–H and O–H groups in total. The van der Waals surface area contributed by atoms with Gasteiger partial charge in [0.1, 0.15) is 12.4 Å². The fraction of sp³-hybridized carbons (Fsp3) is 0.136. The highest BCUT2D eigenvalue weighted by atomic mass is 35.5. The number of benzene rings is 3. The van der Waals surface area contributed by atoms with Gasteiger partial charge in [-0.2, -0.15) is 0 Å². The molecule has 27 heavy (non-hydrogen) atoms. The van der Waals surface area contributed by atoms with E-state index in [9.17, 15) is 4.79 Å². The first-order valence-electron chi connectivity index (χ1n) is 8.56. The van der Waals surface area contributed by atoms with Crippen molar-refractivity contribution >= 4 is 23.3 Å². The molecule has 0 amide bonds. The normalized spacial score (nSPS) is 10.4. The predicted molar refractivity (Wildman–Crippen MR) is 108 cm³/mol. The summed E-state index contributed by atoms with van der Waals surface area (Å²) in [6.07, 6.45) is 0. The van der Waals surface area contributed by atoms with E-state index in [1.165, 1.54) is 0 Å². The minimum atomic E-state index is -0.926. The fourth-order valence-corrected chi connectivity index (χ4v) is 2.98. The number of carboxylic acids is 1. The number of hydrogen-bond donors (Lipinski definition) is 2. The Balaban J connectivity index is 1.68. The van der Waals surface area contributed by atoms with Gasteiger partial charge in [-0.1, -0.05) is 41.9 Å². The van der Waals surface area contributed by atoms with Crippen molar-refractivity contribution in [1.29, 1.82) is 0 Å². The molecule has 0 saturated carbocycles. The van der Waals surface area contributed by atoms with Gasteiger partial charge in [0.05, 0.1) is 5.56 Å². The number of hydrogen-bond acceptors (Lipinski definition) is 3. The molecule has 0 atom stereocenters. The number of carbonyl (C=O) groups is 1. The average molecular weight is 382 g/mol. The van der Waals surface area contributed by atoms with Crippen LogP contribution in [0.3, 0.4) is 0 Å². The molecular formula is C22H20ClNO3. The SMILES string of the molecule is Cc1cc(C(=O)O)ccc1NCc1ccccc1OCc1cccc(Cl)c1. The molecule has 3 rings (SSSR count). The molecule has 0 aliphatic carbocycles. The molecule has 0 fully saturated rings. The zero-order valence-corrected chi connectivity index (χ0v) is 15.7. The summed E-state index contributed by atoms with van der Waals surface area (Å²) in [4.78, 5) is 11.1. The second-order valence-corrected chi connectivity index (χ2v) is 6.65. The number of nitrogens with one attached hydrogen (secondary N) is 1. The third kappa shape index (κ3) is 5.02. The van der Waals surface area contributed by atoms with Crippen molar-refractivity contribution in [2.24, 2.45) is 0 Å².